The molecule has 21 heavy (non-hydrogen) atoms. The number of hydrogen-bond acceptors (Lipinski definition) is 3. The zero-order chi connectivity index (χ0) is 15.5. The second-order valence-electron chi connectivity index (χ2n) is 4.35. The quantitative estimate of drug-likeness (QED) is 0.857. The second-order valence-corrected chi connectivity index (χ2v) is 4.35. The molecule has 114 valence electrons. The molecule has 0 fully saturated rings. The molecular formula is C13H14F3N3O2. The van der Waals surface area contributed by atoms with Gasteiger partial charge in [-0.25, -0.2) is 4.98 Å². The number of halogens is 3. The standard InChI is InChI=1S/C13H14F3N3O2/c1-21-7-6-17-11(20)8-19-10-5-3-2-4-9(10)18-12(19)13(14,15)16/h2-5H,6-8H2,1H3,(H,17,20). The van der Waals surface area contributed by atoms with E-state index in [4.69, 9.17) is 4.74 Å². The lowest BCUT2D eigenvalue weighted by Crippen LogP contribution is -2.31. The molecule has 1 N–H and O–H groups in total. The number of amides is 1. The van der Waals surface area contributed by atoms with E-state index in [0.29, 0.717) is 6.61 Å². The summed E-state index contributed by atoms with van der Waals surface area (Å²) >= 11 is 0. The summed E-state index contributed by atoms with van der Waals surface area (Å²) in [6.45, 7) is 0.0882. The predicted octanol–water partition coefficient (Wildman–Crippen LogP) is 1.82. The highest BCUT2D eigenvalue weighted by Gasteiger charge is 2.37. The number of ether oxygens (including phenoxy) is 1. The molecule has 0 aliphatic rings. The van der Waals surface area contributed by atoms with Crippen molar-refractivity contribution < 1.29 is 22.7 Å². The Morgan fingerprint density at radius 2 is 2.10 bits per heavy atom. The lowest BCUT2D eigenvalue weighted by molar-refractivity contribution is -0.147. The fraction of sp³-hybridized carbons (Fsp3) is 0.385. The largest absolute Gasteiger partial charge is 0.449 e. The summed E-state index contributed by atoms with van der Waals surface area (Å²) in [4.78, 5) is 15.3. The SMILES string of the molecule is COCCNC(=O)Cn1c(C(F)(F)F)nc2ccccc21. The van der Waals surface area contributed by atoms with E-state index in [-0.39, 0.29) is 17.6 Å². The maximum absolute atomic E-state index is 13.0. The molecule has 1 aromatic carbocycles. The highest BCUT2D eigenvalue weighted by Crippen LogP contribution is 2.31. The minimum Gasteiger partial charge on any atom is -0.383 e. The number of aromatic nitrogens is 2. The maximum atomic E-state index is 13.0. The summed E-state index contributed by atoms with van der Waals surface area (Å²) in [5.41, 5.74) is 0.473. The third-order valence-corrected chi connectivity index (χ3v) is 2.84. The van der Waals surface area contributed by atoms with Crippen LogP contribution in [0.5, 0.6) is 0 Å². The van der Waals surface area contributed by atoms with E-state index in [1.54, 1.807) is 12.1 Å². The summed E-state index contributed by atoms with van der Waals surface area (Å²) in [6.07, 6.45) is -4.62. The summed E-state index contributed by atoms with van der Waals surface area (Å²) < 4.78 is 44.7. The Labute approximate surface area is 118 Å². The van der Waals surface area contributed by atoms with Crippen LogP contribution in [-0.2, 0) is 22.3 Å². The molecule has 0 spiro atoms. The Morgan fingerprint density at radius 3 is 2.76 bits per heavy atom. The van der Waals surface area contributed by atoms with Gasteiger partial charge in [-0.2, -0.15) is 13.2 Å². The zero-order valence-electron chi connectivity index (χ0n) is 11.3. The first-order chi connectivity index (χ1) is 9.93. The van der Waals surface area contributed by atoms with Gasteiger partial charge in [0.1, 0.15) is 6.54 Å². The number of carbonyl (C=O) groups is 1. The van der Waals surface area contributed by atoms with Crippen molar-refractivity contribution in [2.75, 3.05) is 20.3 Å². The van der Waals surface area contributed by atoms with Gasteiger partial charge in [0.25, 0.3) is 0 Å². The predicted molar refractivity (Wildman–Crippen MR) is 69.6 cm³/mol. The summed E-state index contributed by atoms with van der Waals surface area (Å²) in [7, 11) is 1.47. The van der Waals surface area contributed by atoms with Crippen molar-refractivity contribution in [1.82, 2.24) is 14.9 Å². The van der Waals surface area contributed by atoms with Crippen LogP contribution < -0.4 is 5.32 Å². The fourth-order valence-corrected chi connectivity index (χ4v) is 1.94. The van der Waals surface area contributed by atoms with E-state index in [2.05, 4.69) is 10.3 Å². The summed E-state index contributed by atoms with van der Waals surface area (Å²) in [5.74, 6) is -1.61. The Kier molecular flexibility index (Phi) is 4.46. The molecular weight excluding hydrogens is 287 g/mol. The molecule has 0 atom stereocenters. The summed E-state index contributed by atoms with van der Waals surface area (Å²) in [6, 6.07) is 6.17. The van der Waals surface area contributed by atoms with E-state index in [1.165, 1.54) is 19.2 Å². The van der Waals surface area contributed by atoms with Crippen molar-refractivity contribution in [2.24, 2.45) is 0 Å². The number of carbonyl (C=O) groups excluding carboxylic acids is 1. The minimum absolute atomic E-state index is 0.203. The van der Waals surface area contributed by atoms with Crippen LogP contribution in [0.4, 0.5) is 13.2 Å². The number of rotatable bonds is 5. The maximum Gasteiger partial charge on any atom is 0.449 e. The first kappa shape index (κ1) is 15.3. The van der Waals surface area contributed by atoms with Crippen LogP contribution in [0.1, 0.15) is 5.82 Å². The number of hydrogen-bond donors (Lipinski definition) is 1. The molecule has 0 saturated carbocycles. The number of para-hydroxylation sites is 2. The molecule has 8 heteroatoms. The first-order valence-corrected chi connectivity index (χ1v) is 6.21. The van der Waals surface area contributed by atoms with Gasteiger partial charge in [-0.05, 0) is 12.1 Å². The third kappa shape index (κ3) is 3.52. The van der Waals surface area contributed by atoms with Crippen molar-refractivity contribution in [3.63, 3.8) is 0 Å². The molecule has 5 nitrogen and oxygen atoms in total. The van der Waals surface area contributed by atoms with Gasteiger partial charge in [0, 0.05) is 13.7 Å². The molecule has 0 radical (unpaired) electrons. The van der Waals surface area contributed by atoms with Gasteiger partial charge < -0.3 is 14.6 Å². The van der Waals surface area contributed by atoms with E-state index in [0.717, 1.165) is 4.57 Å². The third-order valence-electron chi connectivity index (χ3n) is 2.84. The van der Waals surface area contributed by atoms with E-state index in [1.807, 2.05) is 0 Å². The van der Waals surface area contributed by atoms with Crippen LogP contribution in [-0.4, -0.2) is 35.7 Å². The lowest BCUT2D eigenvalue weighted by Gasteiger charge is -2.11. The van der Waals surface area contributed by atoms with Crippen molar-refractivity contribution in [2.45, 2.75) is 12.7 Å². The molecule has 2 rings (SSSR count). The molecule has 0 aliphatic heterocycles. The van der Waals surface area contributed by atoms with Crippen LogP contribution in [0, 0.1) is 0 Å². The number of nitrogens with zero attached hydrogens (tertiary/aromatic N) is 2. The van der Waals surface area contributed by atoms with Crippen molar-refractivity contribution in [3.8, 4) is 0 Å². The Balaban J connectivity index is 2.30. The number of methoxy groups -OCH3 is 1. The molecule has 1 amide bonds. The number of fused-ring (bicyclic) bond motifs is 1. The average Bonchev–Trinajstić information content (AvgIpc) is 2.78. The summed E-state index contributed by atoms with van der Waals surface area (Å²) in [5, 5.41) is 2.49. The highest BCUT2D eigenvalue weighted by atomic mass is 19.4. The van der Waals surface area contributed by atoms with Gasteiger partial charge in [0.2, 0.25) is 11.7 Å². The average molecular weight is 301 g/mol. The fourth-order valence-electron chi connectivity index (χ4n) is 1.94. The smallest absolute Gasteiger partial charge is 0.383 e. The molecule has 0 unspecified atom stereocenters. The number of alkyl halides is 3. The number of benzene rings is 1. The Hall–Kier alpha value is -2.09. The zero-order valence-corrected chi connectivity index (χ0v) is 11.3. The molecule has 1 aromatic heterocycles. The van der Waals surface area contributed by atoms with Gasteiger partial charge in [0.15, 0.2) is 0 Å². The van der Waals surface area contributed by atoms with Crippen LogP contribution in [0.2, 0.25) is 0 Å². The van der Waals surface area contributed by atoms with Gasteiger partial charge in [-0.15, -0.1) is 0 Å². The molecule has 0 saturated heterocycles. The van der Waals surface area contributed by atoms with Crippen molar-refractivity contribution in [3.05, 3.63) is 30.1 Å². The Morgan fingerprint density at radius 1 is 1.38 bits per heavy atom. The topological polar surface area (TPSA) is 56.1 Å². The van der Waals surface area contributed by atoms with E-state index < -0.39 is 24.5 Å². The van der Waals surface area contributed by atoms with Gasteiger partial charge in [-0.1, -0.05) is 12.1 Å². The van der Waals surface area contributed by atoms with Crippen LogP contribution in [0.15, 0.2) is 24.3 Å². The Bertz CT molecular complexity index is 637. The monoisotopic (exact) mass is 301 g/mol. The molecule has 0 bridgehead atoms. The highest BCUT2D eigenvalue weighted by molar-refractivity contribution is 5.81. The first-order valence-electron chi connectivity index (χ1n) is 6.21. The molecule has 2 aromatic rings. The lowest BCUT2D eigenvalue weighted by atomic mass is 10.3. The number of imidazole rings is 1. The molecule has 0 aliphatic carbocycles. The van der Waals surface area contributed by atoms with Gasteiger partial charge in [0.05, 0.1) is 17.6 Å². The molecule has 1 heterocycles. The van der Waals surface area contributed by atoms with Crippen molar-refractivity contribution in [1.29, 1.82) is 0 Å². The van der Waals surface area contributed by atoms with Crippen molar-refractivity contribution >= 4 is 16.9 Å². The normalized spacial score (nSPS) is 11.8. The van der Waals surface area contributed by atoms with Gasteiger partial charge >= 0.3 is 6.18 Å². The second kappa shape index (κ2) is 6.13. The van der Waals surface area contributed by atoms with Crippen LogP contribution >= 0.6 is 0 Å². The van der Waals surface area contributed by atoms with E-state index >= 15 is 0 Å². The van der Waals surface area contributed by atoms with Crippen LogP contribution in [0.3, 0.4) is 0 Å². The number of nitrogens with one attached hydrogen (secondary N) is 1. The van der Waals surface area contributed by atoms with E-state index in [9.17, 15) is 18.0 Å². The minimum atomic E-state index is -4.62. The van der Waals surface area contributed by atoms with Crippen LogP contribution in [0.25, 0.3) is 11.0 Å². The van der Waals surface area contributed by atoms with Gasteiger partial charge in [-0.3, -0.25) is 4.79 Å².